The van der Waals surface area contributed by atoms with Crippen LogP contribution in [0.2, 0.25) is 31.6 Å². The molecule has 0 aliphatic carbocycles. The van der Waals surface area contributed by atoms with Crippen LogP contribution in [0.4, 0.5) is 0 Å². The number of carbonyl (C=O) groups is 9. The number of carboxylic acids is 7. The first kappa shape index (κ1) is 116. The largest absolute Gasteiger partial charge is 0.480 e. The summed E-state index contributed by atoms with van der Waals surface area (Å²) in [6.45, 7) is 1.80. The topological polar surface area (TPSA) is 1070 Å². The van der Waals surface area contributed by atoms with E-state index >= 15 is 0 Å². The molecule has 0 aromatic carbocycles. The van der Waals surface area contributed by atoms with Gasteiger partial charge in [-0.05, 0) is 63.7 Å². The summed E-state index contributed by atoms with van der Waals surface area (Å²) in [5, 5.41) is 165. The molecule has 6 saturated heterocycles. The number of rotatable bonds is 46. The highest BCUT2D eigenvalue weighted by atomic mass is 32.2. The maximum atomic E-state index is 12.6. The molecule has 0 spiro atoms. The number of nitriles is 1. The monoisotopic (exact) mass is 1930 g/mol. The summed E-state index contributed by atoms with van der Waals surface area (Å²) < 4.78 is 137. The number of nitrogens with zero attached hydrogens (tertiary/aromatic N) is 7. The molecular weight excluding hydrogens is 1810 g/mol. The number of aliphatic carboxylic acids is 7. The Bertz CT molecular complexity index is 4210. The summed E-state index contributed by atoms with van der Waals surface area (Å²) >= 11 is 0. The Kier molecular flexibility index (Phi) is 45.3. The van der Waals surface area contributed by atoms with Crippen molar-refractivity contribution in [3.8, 4) is 6.07 Å². The fourth-order valence-corrected chi connectivity index (χ4v) is 20.8. The fourth-order valence-electron chi connectivity index (χ4n) is 13.8. The fraction of sp³-hybridized carbons (Fsp3) is 0.807. The van der Waals surface area contributed by atoms with Crippen LogP contribution in [0.15, 0.2) is 0 Å². The molecule has 2 amide bonds. The highest BCUT2D eigenvalue weighted by molar-refractivity contribution is 7.88. The van der Waals surface area contributed by atoms with Gasteiger partial charge in [0.2, 0.25) is 0 Å². The Morgan fingerprint density at radius 2 is 0.630 bits per heavy atom. The SMILES string of the molecule is NC[C@@H](N)C(=O)NS(=O)(=O)N1C[C@H](CCCB(O)O)[C@](N)(C(=O)O)C1.NC[C@@H](NS(=O)(=O)N1C[C@H](CCCB(O)O)[C@](N)(C(=O)O)C1)C(=O)O.NC[C@H](N)C(=O)NS(=O)(=O)N1C[C@H](CCCB(O)O)[C@](N)(C(=O)O)C1.NC[C@H](NS(=O)(=O)N1C[C@H](CCCB(O)O)[C@](N)(C(=O)O)C1)C(=O)O.[C-]#[N+]C1NC(C#N)C1NS(=O)(=O)N1C[C@H](CCCB(O)O)[C@](N)(C(=O)O)C1. The highest BCUT2D eigenvalue weighted by Crippen LogP contribution is 2.37. The molecule has 724 valence electrons. The van der Waals surface area contributed by atoms with Gasteiger partial charge in [-0.15, -0.1) is 0 Å². The predicted molar refractivity (Wildman–Crippen MR) is 441 cm³/mol. The molecule has 127 heavy (non-hydrogen) atoms. The maximum Gasteiger partial charge on any atom is 0.451 e. The molecule has 17 atom stereocenters. The predicted octanol–water partition coefficient (Wildman–Crippen LogP) is -19.5. The second-order valence-corrected chi connectivity index (χ2v) is 39.3. The van der Waals surface area contributed by atoms with Gasteiger partial charge < -0.3 is 149 Å². The van der Waals surface area contributed by atoms with E-state index in [4.69, 9.17) is 135 Å². The van der Waals surface area contributed by atoms with Crippen LogP contribution >= 0.6 is 0 Å². The first-order valence-corrected chi connectivity index (χ1v) is 45.7. The number of hydrogen-bond acceptors (Lipinski definition) is 42. The molecule has 3 unspecified atom stereocenters. The summed E-state index contributed by atoms with van der Waals surface area (Å²) in [6, 6.07) is -5.50. The van der Waals surface area contributed by atoms with E-state index in [0.29, 0.717) is 0 Å². The van der Waals surface area contributed by atoms with Crippen molar-refractivity contribution >= 4 is 140 Å². The van der Waals surface area contributed by atoms with Crippen LogP contribution in [0.3, 0.4) is 0 Å². The van der Waals surface area contributed by atoms with Crippen LogP contribution in [0.5, 0.6) is 0 Å². The summed E-state index contributed by atoms with van der Waals surface area (Å²) in [4.78, 5) is 106. The second-order valence-electron chi connectivity index (χ2n) is 30.9. The van der Waals surface area contributed by atoms with Gasteiger partial charge in [0, 0.05) is 121 Å². The van der Waals surface area contributed by atoms with Crippen molar-refractivity contribution in [1.29, 1.82) is 5.26 Å². The van der Waals surface area contributed by atoms with Crippen molar-refractivity contribution in [1.82, 2.24) is 50.5 Å². The van der Waals surface area contributed by atoms with Gasteiger partial charge in [-0.25, -0.2) is 21.3 Å². The van der Waals surface area contributed by atoms with Crippen LogP contribution in [-0.4, -0.2) is 401 Å². The summed E-state index contributed by atoms with van der Waals surface area (Å²) in [5.74, 6) is -15.7. The van der Waals surface area contributed by atoms with E-state index in [1.165, 1.54) is 0 Å². The normalized spacial score (nSPS) is 27.3. The zero-order valence-corrected chi connectivity index (χ0v) is 72.3. The third-order valence-electron chi connectivity index (χ3n) is 21.6. The summed E-state index contributed by atoms with van der Waals surface area (Å²) in [7, 11) is -29.2. The molecule has 60 nitrogen and oxygen atoms in total. The van der Waals surface area contributed by atoms with E-state index in [-0.39, 0.29) is 142 Å². The lowest BCUT2D eigenvalue weighted by Gasteiger charge is -2.35. The van der Waals surface area contributed by atoms with Crippen LogP contribution in [0, 0.1) is 47.5 Å². The van der Waals surface area contributed by atoms with E-state index in [9.17, 15) is 111 Å². The van der Waals surface area contributed by atoms with E-state index in [2.05, 4.69) is 14.9 Å². The third-order valence-corrected chi connectivity index (χ3v) is 29.1. The molecule has 6 fully saturated rings. The Labute approximate surface area is 731 Å². The van der Waals surface area contributed by atoms with Gasteiger partial charge in [0.25, 0.3) is 48.6 Å². The van der Waals surface area contributed by atoms with Crippen molar-refractivity contribution in [2.75, 3.05) is 91.6 Å². The summed E-state index contributed by atoms with van der Waals surface area (Å²) in [5.41, 5.74) is 51.7. The van der Waals surface area contributed by atoms with Crippen molar-refractivity contribution in [3.05, 3.63) is 11.4 Å². The smallest absolute Gasteiger partial charge is 0.451 e. The van der Waals surface area contributed by atoms with Gasteiger partial charge in [-0.3, -0.25) is 48.0 Å². The molecule has 0 saturated carbocycles. The molecule has 70 heteroatoms. The molecular formula is C57H115B5N24O36S5. The lowest BCUT2D eigenvalue weighted by Crippen LogP contribution is -2.70. The minimum absolute atomic E-state index is 0.00103. The molecule has 6 heterocycles. The minimum Gasteiger partial charge on any atom is -0.480 e. The Morgan fingerprint density at radius 1 is 0.409 bits per heavy atom. The van der Waals surface area contributed by atoms with E-state index in [1.807, 2.05) is 15.5 Å². The number of nitrogens with two attached hydrogens (primary N) is 11. The first-order chi connectivity index (χ1) is 58.3. The van der Waals surface area contributed by atoms with Crippen LogP contribution < -0.4 is 92.0 Å². The van der Waals surface area contributed by atoms with Gasteiger partial charge in [0.15, 0.2) is 0 Å². The molecule has 6 rings (SSSR count). The molecule has 0 aromatic heterocycles. The maximum absolute atomic E-state index is 12.6. The van der Waals surface area contributed by atoms with Gasteiger partial charge in [-0.2, -0.15) is 83.0 Å². The average molecular weight is 1930 g/mol. The molecule has 0 radical (unpaired) electrons. The van der Waals surface area contributed by atoms with Crippen molar-refractivity contribution < 1.29 is 171 Å². The van der Waals surface area contributed by atoms with E-state index < -0.39 is 286 Å². The number of carboxylic acid groups (broad SMARTS) is 7. The number of nitrogens with one attached hydrogen (secondary N) is 6. The van der Waals surface area contributed by atoms with Crippen LogP contribution in [-0.2, 0) is 94.2 Å². The Morgan fingerprint density at radius 3 is 0.811 bits per heavy atom. The second kappa shape index (κ2) is 49.5. The standard InChI is InChI=1S/C13H21BN6O6S.2C11H24BN5O7S.2C11H23BN4O8S/c1-17-11-10(9(5-15)18-11)19-27(25,26)20-6-8(3-2-4-14(23)24)13(16,7-20)12(21)22;2*13-4-8(14)9(18)16-25(23,24)17-5-7(2-1-3-12(21)22)11(15,6-17)10(19)20;2*13-4-8(9(17)18)15-25(23,24)16-5-7(2-1-3-12(21)22)11(14,6-16)10(19)20/h8-11,18-19,23-24H,2-4,6-7,16H2,(H,21,22);2*7-8,21-22H,1-6,13-15H2,(H,16,18)(H,19,20);2*7-8,15,21-22H,1-6,13-14H2,(H,17,18)(H,19,20)/t8-,9?,10?,11?,13-;7-,8+,11-;7-,8-,11-;7-,8+,11-;7-,8-,11-/m00000/s1. The highest BCUT2D eigenvalue weighted by Gasteiger charge is 2.59. The van der Waals surface area contributed by atoms with Crippen LogP contribution in [0.1, 0.15) is 64.2 Å². The van der Waals surface area contributed by atoms with Gasteiger partial charge in [0.05, 0.1) is 18.2 Å². The van der Waals surface area contributed by atoms with E-state index in [0.717, 1.165) is 21.5 Å². The van der Waals surface area contributed by atoms with Crippen molar-refractivity contribution in [3.63, 3.8) is 0 Å². The molecule has 0 aromatic rings. The zero-order valence-electron chi connectivity index (χ0n) is 68.2. The molecule has 0 bridgehead atoms. The molecule has 45 N–H and O–H groups in total. The van der Waals surface area contributed by atoms with Crippen molar-refractivity contribution in [2.45, 2.75) is 166 Å². The van der Waals surface area contributed by atoms with Gasteiger partial charge in [0.1, 0.15) is 51.9 Å². The third kappa shape index (κ3) is 32.8. The average Bonchev–Trinajstić information content (AvgIpc) is 1.63. The Hall–Kier alpha value is -6.92. The molecule has 6 aliphatic heterocycles. The van der Waals surface area contributed by atoms with Gasteiger partial charge in [-0.1, -0.05) is 32.1 Å². The number of carbonyl (C=O) groups excluding carboxylic acids is 2. The first-order valence-electron chi connectivity index (χ1n) is 38.5. The van der Waals surface area contributed by atoms with Gasteiger partial charge >= 0.3 is 97.8 Å². The summed E-state index contributed by atoms with van der Waals surface area (Å²) in [6.07, 6.45) is 1.19. The van der Waals surface area contributed by atoms with Crippen molar-refractivity contribution in [2.24, 2.45) is 92.7 Å². The number of amides is 2. The van der Waals surface area contributed by atoms with Crippen LogP contribution in [0.25, 0.3) is 4.85 Å². The zero-order chi connectivity index (χ0) is 98.1. The van der Waals surface area contributed by atoms with E-state index in [1.54, 1.807) is 9.44 Å². The minimum atomic E-state index is -4.34. The lowest BCUT2D eigenvalue weighted by molar-refractivity contribution is -0.145. The quantitative estimate of drug-likeness (QED) is 0.0199. The Balaban J connectivity index is 0.000000538. The number of hydrogen-bond donors (Lipinski definition) is 34. The molecule has 6 aliphatic rings. The lowest BCUT2D eigenvalue weighted by atomic mass is 9.78.